The molecule has 55 heavy (non-hydrogen) atoms. The Morgan fingerprint density at radius 3 is 2.04 bits per heavy atom. The molecular formula is C49H29N5O. The molecule has 7 aromatic carbocycles. The van der Waals surface area contributed by atoms with E-state index >= 15 is 0 Å². The predicted octanol–water partition coefficient (Wildman–Crippen LogP) is 12.5. The van der Waals surface area contributed by atoms with Crippen molar-refractivity contribution >= 4 is 76.5 Å². The average Bonchev–Trinajstić information content (AvgIpc) is 3.90. The third kappa shape index (κ3) is 4.39. The van der Waals surface area contributed by atoms with E-state index in [-0.39, 0.29) is 0 Å². The van der Waals surface area contributed by atoms with Crippen LogP contribution in [0.2, 0.25) is 0 Å². The average molecular weight is 704 g/mol. The molecule has 0 aliphatic carbocycles. The molecule has 0 aliphatic heterocycles. The van der Waals surface area contributed by atoms with Gasteiger partial charge in [0.1, 0.15) is 11.1 Å². The van der Waals surface area contributed by atoms with Gasteiger partial charge in [-0.3, -0.25) is 9.55 Å². The van der Waals surface area contributed by atoms with Gasteiger partial charge in [-0.25, -0.2) is 9.97 Å². The predicted molar refractivity (Wildman–Crippen MR) is 224 cm³/mol. The Kier molecular flexibility index (Phi) is 6.24. The Morgan fingerprint density at radius 2 is 1.20 bits per heavy atom. The number of hydrogen-bond donors (Lipinski definition) is 0. The summed E-state index contributed by atoms with van der Waals surface area (Å²) in [5.41, 5.74) is 10.4. The van der Waals surface area contributed by atoms with Gasteiger partial charge in [0.15, 0.2) is 17.2 Å². The molecule has 12 rings (SSSR count). The maximum absolute atomic E-state index is 6.82. The van der Waals surface area contributed by atoms with Gasteiger partial charge >= 0.3 is 0 Å². The Bertz CT molecular complexity index is 3490. The summed E-state index contributed by atoms with van der Waals surface area (Å²) in [6.07, 6.45) is 1.82. The van der Waals surface area contributed by atoms with E-state index in [1.165, 1.54) is 5.39 Å². The Balaban J connectivity index is 1.23. The lowest BCUT2D eigenvalue weighted by Gasteiger charge is -2.11. The first-order valence-electron chi connectivity index (χ1n) is 18.4. The molecule has 12 aromatic rings. The summed E-state index contributed by atoms with van der Waals surface area (Å²) in [5.74, 6) is 1.32. The van der Waals surface area contributed by atoms with Crippen LogP contribution in [0.5, 0.6) is 0 Å². The Morgan fingerprint density at radius 1 is 0.473 bits per heavy atom. The minimum absolute atomic E-state index is 0.627. The SMILES string of the molecule is c1ccc(-n2c3ccccc3c3c(-c4nc(-n5c6ccccc6c6cc7ccccc7cc65)c5oc6ccc(-c7ccccn7)cc6c5n4)cccc32)cc1. The minimum atomic E-state index is 0.627. The molecule has 0 bridgehead atoms. The topological polar surface area (TPSA) is 61.7 Å². The number of aromatic nitrogens is 5. The molecule has 0 radical (unpaired) electrons. The lowest BCUT2D eigenvalue weighted by Crippen LogP contribution is -2.02. The van der Waals surface area contributed by atoms with Gasteiger partial charge in [0.05, 0.1) is 27.8 Å². The van der Waals surface area contributed by atoms with Gasteiger partial charge in [-0.05, 0) is 83.6 Å². The van der Waals surface area contributed by atoms with Gasteiger partial charge < -0.3 is 8.98 Å². The van der Waals surface area contributed by atoms with E-state index in [1.807, 2.05) is 30.5 Å². The quantitative estimate of drug-likeness (QED) is 0.183. The van der Waals surface area contributed by atoms with Crippen LogP contribution >= 0.6 is 0 Å². The molecule has 0 saturated heterocycles. The molecule has 0 amide bonds. The lowest BCUT2D eigenvalue weighted by molar-refractivity contribution is 0.662. The number of pyridine rings is 1. The summed E-state index contributed by atoms with van der Waals surface area (Å²) in [6.45, 7) is 0. The standard InChI is InChI=1S/C49H29N5O/c1-2-15-33(16-3-1)53-41-22-9-7-18-35(41)45-36(19-12-23-42(45)53)48-51-46-38-28-32(39-20-10-11-26-50-39)24-25-44(38)55-47(46)49(52-48)54-40-21-8-6-17-34(40)37-27-30-13-4-5-14-31(30)29-43(37)54/h1-29H. The van der Waals surface area contributed by atoms with E-state index in [1.54, 1.807) is 0 Å². The molecule has 0 spiro atoms. The van der Waals surface area contributed by atoms with Crippen molar-refractivity contribution in [2.24, 2.45) is 0 Å². The van der Waals surface area contributed by atoms with Crippen molar-refractivity contribution in [1.29, 1.82) is 0 Å². The van der Waals surface area contributed by atoms with E-state index in [9.17, 15) is 0 Å². The summed E-state index contributed by atoms with van der Waals surface area (Å²) >= 11 is 0. The van der Waals surface area contributed by atoms with Crippen LogP contribution in [-0.2, 0) is 0 Å². The van der Waals surface area contributed by atoms with E-state index in [4.69, 9.17) is 14.4 Å². The highest BCUT2D eigenvalue weighted by atomic mass is 16.3. The van der Waals surface area contributed by atoms with Gasteiger partial charge in [-0.15, -0.1) is 0 Å². The highest BCUT2D eigenvalue weighted by Gasteiger charge is 2.24. The summed E-state index contributed by atoms with van der Waals surface area (Å²) in [4.78, 5) is 15.6. The Labute approximate surface area is 314 Å². The third-order valence-electron chi connectivity index (χ3n) is 11.0. The second kappa shape index (κ2) is 11.5. The summed E-state index contributed by atoms with van der Waals surface area (Å²) in [7, 11) is 0. The first-order valence-corrected chi connectivity index (χ1v) is 18.4. The van der Waals surface area contributed by atoms with Crippen LogP contribution in [-0.4, -0.2) is 24.1 Å². The fourth-order valence-electron chi connectivity index (χ4n) is 8.54. The van der Waals surface area contributed by atoms with E-state index in [0.29, 0.717) is 17.2 Å². The molecule has 0 N–H and O–H groups in total. The molecule has 6 heteroatoms. The van der Waals surface area contributed by atoms with E-state index in [2.05, 4.69) is 160 Å². The van der Waals surface area contributed by atoms with Crippen molar-refractivity contribution in [1.82, 2.24) is 24.1 Å². The summed E-state index contributed by atoms with van der Waals surface area (Å²) in [6, 6.07) is 59.4. The largest absolute Gasteiger partial charge is 0.450 e. The fraction of sp³-hybridized carbons (Fsp3) is 0. The number of fused-ring (bicyclic) bond motifs is 10. The number of nitrogens with zero attached hydrogens (tertiary/aromatic N) is 5. The van der Waals surface area contributed by atoms with Crippen LogP contribution in [0.4, 0.5) is 0 Å². The summed E-state index contributed by atoms with van der Waals surface area (Å²) in [5, 5.41) is 7.81. The number of benzene rings is 7. The highest BCUT2D eigenvalue weighted by Crippen LogP contribution is 2.42. The van der Waals surface area contributed by atoms with Gasteiger partial charge in [0.25, 0.3) is 0 Å². The van der Waals surface area contributed by atoms with Crippen molar-refractivity contribution in [2.75, 3.05) is 0 Å². The van der Waals surface area contributed by atoms with Crippen molar-refractivity contribution in [3.63, 3.8) is 0 Å². The molecule has 0 unspecified atom stereocenters. The van der Waals surface area contributed by atoms with Gasteiger partial charge in [-0.1, -0.05) is 97.1 Å². The molecular weight excluding hydrogens is 675 g/mol. The molecule has 5 aromatic heterocycles. The maximum atomic E-state index is 6.82. The van der Waals surface area contributed by atoms with Crippen molar-refractivity contribution in [2.45, 2.75) is 0 Å². The molecule has 256 valence electrons. The lowest BCUT2D eigenvalue weighted by atomic mass is 10.1. The van der Waals surface area contributed by atoms with Crippen molar-refractivity contribution in [3.8, 4) is 34.2 Å². The van der Waals surface area contributed by atoms with Crippen LogP contribution in [0.3, 0.4) is 0 Å². The zero-order valence-electron chi connectivity index (χ0n) is 29.4. The maximum Gasteiger partial charge on any atom is 0.197 e. The number of furan rings is 1. The van der Waals surface area contributed by atoms with E-state index in [0.717, 1.165) is 88.0 Å². The fourth-order valence-corrected chi connectivity index (χ4v) is 8.54. The van der Waals surface area contributed by atoms with Crippen LogP contribution in [0, 0.1) is 0 Å². The molecule has 0 saturated carbocycles. The zero-order chi connectivity index (χ0) is 36.0. The van der Waals surface area contributed by atoms with Gasteiger partial charge in [0.2, 0.25) is 0 Å². The molecule has 0 fully saturated rings. The molecule has 0 aliphatic rings. The first kappa shape index (κ1) is 29.9. The number of rotatable bonds is 4. The van der Waals surface area contributed by atoms with Crippen LogP contribution in [0.1, 0.15) is 0 Å². The second-order valence-corrected chi connectivity index (χ2v) is 14.0. The van der Waals surface area contributed by atoms with E-state index < -0.39 is 0 Å². The van der Waals surface area contributed by atoms with Gasteiger partial charge in [0, 0.05) is 49.9 Å². The number of hydrogen-bond acceptors (Lipinski definition) is 4. The smallest absolute Gasteiger partial charge is 0.197 e. The minimum Gasteiger partial charge on any atom is -0.450 e. The number of para-hydroxylation sites is 3. The second-order valence-electron chi connectivity index (χ2n) is 14.0. The molecule has 6 nitrogen and oxygen atoms in total. The van der Waals surface area contributed by atoms with Crippen molar-refractivity contribution in [3.05, 3.63) is 176 Å². The normalized spacial score (nSPS) is 12.0. The third-order valence-corrected chi connectivity index (χ3v) is 11.0. The van der Waals surface area contributed by atoms with Crippen LogP contribution < -0.4 is 0 Å². The molecule has 5 heterocycles. The Hall–Kier alpha value is -7.57. The van der Waals surface area contributed by atoms with Gasteiger partial charge in [-0.2, -0.15) is 0 Å². The zero-order valence-corrected chi connectivity index (χ0v) is 29.4. The molecule has 0 atom stereocenters. The summed E-state index contributed by atoms with van der Waals surface area (Å²) < 4.78 is 11.4. The van der Waals surface area contributed by atoms with Crippen LogP contribution in [0.15, 0.2) is 180 Å². The van der Waals surface area contributed by atoms with Crippen molar-refractivity contribution < 1.29 is 4.42 Å². The van der Waals surface area contributed by atoms with Crippen LogP contribution in [0.25, 0.3) is 111 Å². The highest BCUT2D eigenvalue weighted by molar-refractivity contribution is 6.17. The first-order chi connectivity index (χ1) is 27.3. The monoisotopic (exact) mass is 703 g/mol.